The molecule has 3 rings (SSSR count). The molecule has 0 saturated carbocycles. The van der Waals surface area contributed by atoms with Gasteiger partial charge in [0.15, 0.2) is 5.17 Å². The van der Waals surface area contributed by atoms with E-state index >= 15 is 0 Å². The molecule has 1 fully saturated rings. The van der Waals surface area contributed by atoms with Gasteiger partial charge < -0.3 is 4.74 Å². The van der Waals surface area contributed by atoms with Crippen LogP contribution in [0.1, 0.15) is 0 Å². The lowest BCUT2D eigenvalue weighted by Gasteiger charge is -2.16. The van der Waals surface area contributed by atoms with Gasteiger partial charge in [0.25, 0.3) is 5.91 Å². The van der Waals surface area contributed by atoms with Gasteiger partial charge in [-0.05, 0) is 60.7 Å². The van der Waals surface area contributed by atoms with E-state index in [2.05, 4.69) is 9.73 Å². The van der Waals surface area contributed by atoms with E-state index in [1.807, 2.05) is 61.0 Å². The monoisotopic (exact) mass is 430 g/mol. The summed E-state index contributed by atoms with van der Waals surface area (Å²) in [4.78, 5) is 33.3. The van der Waals surface area contributed by atoms with E-state index < -0.39 is 5.97 Å². The van der Waals surface area contributed by atoms with Crippen molar-refractivity contribution in [1.29, 1.82) is 0 Å². The van der Waals surface area contributed by atoms with Crippen LogP contribution in [0.4, 0.5) is 11.4 Å². The zero-order valence-electron chi connectivity index (χ0n) is 15.5. The Bertz CT molecular complexity index is 973. The molecule has 0 atom stereocenters. The standard InChI is InChI=1S/C20H18N2O3S3/c1-25-18(23)12-17-19(24)22(14-7-5-9-16(11-14)27-3)20(28-17)21-13-6-4-8-15(10-13)26-2/h4-12H,1-3H3/b17-12-,21-20?. The van der Waals surface area contributed by atoms with Gasteiger partial charge in [0.2, 0.25) is 0 Å². The summed E-state index contributed by atoms with van der Waals surface area (Å²) in [5.41, 5.74) is 1.45. The Morgan fingerprint density at radius 3 is 2.46 bits per heavy atom. The fraction of sp³-hybridized carbons (Fsp3) is 0.150. The van der Waals surface area contributed by atoms with Crippen LogP contribution in [-0.4, -0.2) is 36.7 Å². The summed E-state index contributed by atoms with van der Waals surface area (Å²) < 4.78 is 4.68. The molecule has 0 aliphatic carbocycles. The quantitative estimate of drug-likeness (QED) is 0.380. The number of nitrogens with zero attached hydrogens (tertiary/aromatic N) is 2. The van der Waals surface area contributed by atoms with E-state index in [1.165, 1.54) is 18.1 Å². The molecule has 144 valence electrons. The number of anilines is 1. The lowest BCUT2D eigenvalue weighted by atomic mass is 10.3. The summed E-state index contributed by atoms with van der Waals surface area (Å²) in [5.74, 6) is -0.868. The Morgan fingerprint density at radius 1 is 1.11 bits per heavy atom. The summed E-state index contributed by atoms with van der Waals surface area (Å²) in [7, 11) is 1.28. The van der Waals surface area contributed by atoms with Gasteiger partial charge in [0, 0.05) is 15.9 Å². The molecular weight excluding hydrogens is 412 g/mol. The van der Waals surface area contributed by atoms with Gasteiger partial charge in [0.1, 0.15) is 0 Å². The zero-order valence-corrected chi connectivity index (χ0v) is 18.0. The molecule has 28 heavy (non-hydrogen) atoms. The van der Waals surface area contributed by atoms with Crippen LogP contribution in [0.3, 0.4) is 0 Å². The number of methoxy groups -OCH3 is 1. The number of benzene rings is 2. The van der Waals surface area contributed by atoms with Crippen LogP contribution in [0.25, 0.3) is 0 Å². The fourth-order valence-corrected chi connectivity index (χ4v) is 4.35. The minimum atomic E-state index is -0.570. The first kappa shape index (κ1) is 20.6. The first-order chi connectivity index (χ1) is 13.5. The largest absolute Gasteiger partial charge is 0.466 e. The number of thioether (sulfide) groups is 3. The summed E-state index contributed by atoms with van der Waals surface area (Å²) in [6.07, 6.45) is 5.18. The summed E-state index contributed by atoms with van der Waals surface area (Å²) in [6, 6.07) is 15.4. The van der Waals surface area contributed by atoms with E-state index in [1.54, 1.807) is 23.5 Å². The third-order valence-electron chi connectivity index (χ3n) is 3.85. The summed E-state index contributed by atoms with van der Waals surface area (Å²) in [6.45, 7) is 0. The molecular formula is C20H18N2O3S3. The Morgan fingerprint density at radius 2 is 1.79 bits per heavy atom. The number of amides is 1. The van der Waals surface area contributed by atoms with Crippen molar-refractivity contribution < 1.29 is 14.3 Å². The molecule has 1 aliphatic rings. The predicted molar refractivity (Wildman–Crippen MR) is 119 cm³/mol. The van der Waals surface area contributed by atoms with E-state index in [4.69, 9.17) is 0 Å². The Balaban J connectivity index is 2.07. The van der Waals surface area contributed by atoms with Crippen molar-refractivity contribution in [2.75, 3.05) is 24.5 Å². The molecule has 0 radical (unpaired) electrons. The highest BCUT2D eigenvalue weighted by molar-refractivity contribution is 8.19. The zero-order chi connectivity index (χ0) is 20.1. The summed E-state index contributed by atoms with van der Waals surface area (Å²) in [5, 5.41) is 0.497. The second kappa shape index (κ2) is 9.36. The average molecular weight is 431 g/mol. The number of rotatable bonds is 5. The molecule has 0 aromatic heterocycles. The number of carbonyl (C=O) groups excluding carboxylic acids is 2. The van der Waals surface area contributed by atoms with Crippen LogP contribution in [0.2, 0.25) is 0 Å². The highest BCUT2D eigenvalue weighted by Crippen LogP contribution is 2.37. The molecule has 5 nitrogen and oxygen atoms in total. The highest BCUT2D eigenvalue weighted by Gasteiger charge is 2.35. The van der Waals surface area contributed by atoms with Crippen LogP contribution in [0.5, 0.6) is 0 Å². The maximum absolute atomic E-state index is 13.0. The van der Waals surface area contributed by atoms with E-state index in [-0.39, 0.29) is 10.8 Å². The molecule has 2 aromatic carbocycles. The molecule has 0 unspecified atom stereocenters. The molecule has 0 spiro atoms. The van der Waals surface area contributed by atoms with Crippen molar-refractivity contribution in [3.8, 4) is 0 Å². The molecule has 8 heteroatoms. The minimum absolute atomic E-state index is 0.279. The molecule has 1 amide bonds. The van der Waals surface area contributed by atoms with E-state index in [0.717, 1.165) is 27.2 Å². The van der Waals surface area contributed by atoms with Crippen molar-refractivity contribution in [3.63, 3.8) is 0 Å². The molecule has 1 aliphatic heterocycles. The van der Waals surface area contributed by atoms with Crippen LogP contribution in [0.15, 0.2) is 74.3 Å². The minimum Gasteiger partial charge on any atom is -0.466 e. The second-order valence-electron chi connectivity index (χ2n) is 5.57. The number of esters is 1. The average Bonchev–Trinajstić information content (AvgIpc) is 3.02. The normalized spacial score (nSPS) is 16.8. The van der Waals surface area contributed by atoms with Crippen molar-refractivity contribution in [3.05, 3.63) is 59.5 Å². The predicted octanol–water partition coefficient (Wildman–Crippen LogP) is 4.95. The lowest BCUT2D eigenvalue weighted by Crippen LogP contribution is -2.28. The molecule has 1 heterocycles. The summed E-state index contributed by atoms with van der Waals surface area (Å²) >= 11 is 4.38. The van der Waals surface area contributed by atoms with E-state index in [9.17, 15) is 9.59 Å². The van der Waals surface area contributed by atoms with Crippen molar-refractivity contribution >= 4 is 63.7 Å². The van der Waals surface area contributed by atoms with Crippen LogP contribution in [0, 0.1) is 0 Å². The molecule has 0 N–H and O–H groups in total. The van der Waals surface area contributed by atoms with Crippen molar-refractivity contribution in [2.24, 2.45) is 4.99 Å². The van der Waals surface area contributed by atoms with Gasteiger partial charge >= 0.3 is 5.97 Å². The Labute approximate surface area is 176 Å². The van der Waals surface area contributed by atoms with Crippen molar-refractivity contribution in [1.82, 2.24) is 0 Å². The third kappa shape index (κ3) is 4.63. The van der Waals surface area contributed by atoms with E-state index in [0.29, 0.717) is 10.9 Å². The fourth-order valence-electron chi connectivity index (χ4n) is 2.48. The lowest BCUT2D eigenvalue weighted by molar-refractivity contribution is -0.135. The number of carbonyl (C=O) groups is 2. The molecule has 1 saturated heterocycles. The third-order valence-corrected chi connectivity index (χ3v) is 6.27. The Kier molecular flexibility index (Phi) is 6.88. The number of ether oxygens (including phenoxy) is 1. The van der Waals surface area contributed by atoms with Crippen molar-refractivity contribution in [2.45, 2.75) is 9.79 Å². The first-order valence-corrected chi connectivity index (χ1v) is 11.5. The van der Waals surface area contributed by atoms with Gasteiger partial charge in [-0.15, -0.1) is 23.5 Å². The van der Waals surface area contributed by atoms with Crippen LogP contribution in [-0.2, 0) is 14.3 Å². The SMILES string of the molecule is COC(=O)/C=C1\SC(=Nc2cccc(SC)c2)N(c2cccc(SC)c2)C1=O. The number of hydrogen-bond acceptors (Lipinski definition) is 7. The number of aliphatic imine (C=N–C) groups is 1. The van der Waals surface area contributed by atoms with Gasteiger partial charge in [0.05, 0.1) is 23.4 Å². The van der Waals surface area contributed by atoms with Gasteiger partial charge in [-0.1, -0.05) is 12.1 Å². The van der Waals surface area contributed by atoms with Crippen LogP contribution >= 0.6 is 35.3 Å². The maximum Gasteiger partial charge on any atom is 0.331 e. The first-order valence-electron chi connectivity index (χ1n) is 8.24. The number of hydrogen-bond donors (Lipinski definition) is 0. The van der Waals surface area contributed by atoms with Gasteiger partial charge in [-0.3, -0.25) is 9.69 Å². The maximum atomic E-state index is 13.0. The molecule has 0 bridgehead atoms. The topological polar surface area (TPSA) is 59.0 Å². The molecule has 2 aromatic rings. The Hall–Kier alpha value is -2.16. The van der Waals surface area contributed by atoms with Crippen LogP contribution < -0.4 is 4.90 Å². The van der Waals surface area contributed by atoms with Gasteiger partial charge in [-0.25, -0.2) is 9.79 Å². The smallest absolute Gasteiger partial charge is 0.331 e. The highest BCUT2D eigenvalue weighted by atomic mass is 32.2. The number of amidine groups is 1. The second-order valence-corrected chi connectivity index (χ2v) is 8.34. The van der Waals surface area contributed by atoms with Gasteiger partial charge in [-0.2, -0.15) is 0 Å².